The molecular formula is C41H37Br2IN4O4. The van der Waals surface area contributed by atoms with E-state index in [4.69, 9.17) is 14.5 Å². The number of benzene rings is 4. The zero-order valence-electron chi connectivity index (χ0n) is 28.7. The first-order chi connectivity index (χ1) is 25.2. The minimum atomic E-state index is -0.242. The van der Waals surface area contributed by atoms with Gasteiger partial charge < -0.3 is 25.0 Å². The van der Waals surface area contributed by atoms with Crippen LogP contribution in [-0.4, -0.2) is 49.6 Å². The van der Waals surface area contributed by atoms with Gasteiger partial charge in [0.15, 0.2) is 6.61 Å². The smallest absolute Gasteiger partial charge is 0.257 e. The molecule has 0 saturated heterocycles. The number of ether oxygens (including phenoxy) is 2. The minimum absolute atomic E-state index is 0.147. The molecular weight excluding hydrogens is 899 g/mol. The zero-order valence-corrected chi connectivity index (χ0v) is 34.0. The number of hydrogen-bond donors (Lipinski definition) is 2. The fourth-order valence-electron chi connectivity index (χ4n) is 5.86. The van der Waals surface area contributed by atoms with Gasteiger partial charge in [-0.05, 0) is 153 Å². The maximum absolute atomic E-state index is 12.7. The van der Waals surface area contributed by atoms with E-state index in [1.807, 2.05) is 72.8 Å². The molecule has 5 aromatic rings. The van der Waals surface area contributed by atoms with Gasteiger partial charge in [0.1, 0.15) is 11.5 Å². The number of nitrogens with one attached hydrogen (secondary N) is 2. The van der Waals surface area contributed by atoms with Crippen molar-refractivity contribution >= 4 is 112 Å². The van der Waals surface area contributed by atoms with Crippen molar-refractivity contribution in [3.8, 4) is 11.5 Å². The molecule has 0 bridgehead atoms. The van der Waals surface area contributed by atoms with E-state index in [0.29, 0.717) is 39.8 Å². The highest BCUT2D eigenvalue weighted by molar-refractivity contribution is 14.1. The Morgan fingerprint density at radius 3 is 2.52 bits per heavy atom. The number of amides is 2. The summed E-state index contributed by atoms with van der Waals surface area (Å²) in [5.74, 6) is 0.886. The summed E-state index contributed by atoms with van der Waals surface area (Å²) in [6, 6.07) is 28.0. The fraction of sp³-hybridized carbons (Fsp3) is 0.195. The monoisotopic (exact) mass is 934 g/mol. The van der Waals surface area contributed by atoms with Crippen molar-refractivity contribution in [1.82, 2.24) is 10.3 Å². The number of fused-ring (bicyclic) bond motifs is 2. The number of hydrogen-bond acceptors (Lipinski definition) is 6. The van der Waals surface area contributed by atoms with Crippen LogP contribution in [0.2, 0.25) is 0 Å². The Bertz CT molecular complexity index is 2160. The van der Waals surface area contributed by atoms with Crippen molar-refractivity contribution in [2.24, 2.45) is 0 Å². The Hall–Kier alpha value is -4.20. The molecule has 1 aliphatic rings. The lowest BCUT2D eigenvalue weighted by Crippen LogP contribution is -2.30. The molecule has 1 aliphatic heterocycles. The van der Waals surface area contributed by atoms with Crippen LogP contribution >= 0.6 is 54.5 Å². The molecule has 2 amide bonds. The van der Waals surface area contributed by atoms with Gasteiger partial charge in [-0.3, -0.25) is 9.59 Å². The van der Waals surface area contributed by atoms with E-state index in [-0.39, 0.29) is 18.4 Å². The molecule has 52 heavy (non-hydrogen) atoms. The largest absolute Gasteiger partial charge is 0.493 e. The van der Waals surface area contributed by atoms with Crippen LogP contribution in [0.25, 0.3) is 34.7 Å². The SMILES string of the molecule is CCN(CC)c1ccc(/C=C/c2ccc3ccccc3n2)c(OCCCNC(=O)COc2c(Br)cc(/C=C3\C(=O)Nc4ccc(I)cc43)cc2Br)c1. The maximum atomic E-state index is 12.7. The first-order valence-electron chi connectivity index (χ1n) is 17.0. The van der Waals surface area contributed by atoms with Gasteiger partial charge in [-0.25, -0.2) is 4.98 Å². The van der Waals surface area contributed by atoms with Gasteiger partial charge in [-0.15, -0.1) is 0 Å². The summed E-state index contributed by atoms with van der Waals surface area (Å²) in [7, 11) is 0. The molecule has 0 saturated carbocycles. The standard InChI is InChI=1S/C41H37Br2IN4O4/c1-3-48(4-2)31-16-12-28(11-15-30-14-10-27-8-5-6-9-36(27)46-30)38(24-31)51-19-7-18-45-39(49)25-52-40-34(42)21-26(22-35(40)43)20-33-32-23-29(44)13-17-37(32)47-41(33)50/h5-6,8-17,20-24H,3-4,7,18-19,25H2,1-2H3,(H,45,49)(H,47,50)/b15-11+,33-20-. The molecule has 266 valence electrons. The van der Waals surface area contributed by atoms with Crippen molar-refractivity contribution in [2.45, 2.75) is 20.3 Å². The Balaban J connectivity index is 1.03. The number of anilines is 2. The fourth-order valence-corrected chi connectivity index (χ4v) is 7.80. The molecule has 0 radical (unpaired) electrons. The highest BCUT2D eigenvalue weighted by Crippen LogP contribution is 2.38. The maximum Gasteiger partial charge on any atom is 0.257 e. The van der Waals surface area contributed by atoms with E-state index in [9.17, 15) is 9.59 Å². The number of carbonyl (C=O) groups excluding carboxylic acids is 2. The lowest BCUT2D eigenvalue weighted by atomic mass is 10.0. The topological polar surface area (TPSA) is 92.8 Å². The van der Waals surface area contributed by atoms with Gasteiger partial charge in [-0.2, -0.15) is 0 Å². The second kappa shape index (κ2) is 17.5. The van der Waals surface area contributed by atoms with Gasteiger partial charge in [0.2, 0.25) is 0 Å². The van der Waals surface area contributed by atoms with Crippen LogP contribution in [0.1, 0.15) is 42.7 Å². The number of nitrogens with zero attached hydrogens (tertiary/aromatic N) is 2. The quantitative estimate of drug-likeness (QED) is 0.0655. The first kappa shape index (κ1) is 37.6. The van der Waals surface area contributed by atoms with Crippen LogP contribution < -0.4 is 25.0 Å². The van der Waals surface area contributed by atoms with Crippen LogP contribution in [-0.2, 0) is 9.59 Å². The lowest BCUT2D eigenvalue weighted by Gasteiger charge is -2.22. The summed E-state index contributed by atoms with van der Waals surface area (Å²) in [5.41, 5.74) is 6.93. The van der Waals surface area contributed by atoms with Crippen LogP contribution in [0.4, 0.5) is 11.4 Å². The number of pyridine rings is 1. The highest BCUT2D eigenvalue weighted by Gasteiger charge is 2.24. The molecule has 2 heterocycles. The van der Waals surface area contributed by atoms with Crippen molar-refractivity contribution < 1.29 is 19.1 Å². The predicted molar refractivity (Wildman–Crippen MR) is 227 cm³/mol. The number of aromatic nitrogens is 1. The second-order valence-corrected chi connectivity index (χ2v) is 15.0. The third-order valence-electron chi connectivity index (χ3n) is 8.52. The molecule has 1 aromatic heterocycles. The van der Waals surface area contributed by atoms with Crippen molar-refractivity contribution in [1.29, 1.82) is 0 Å². The normalized spacial score (nSPS) is 13.0. The molecule has 6 rings (SSSR count). The average Bonchev–Trinajstić information content (AvgIpc) is 3.44. The number of halogens is 3. The average molecular weight is 936 g/mol. The molecule has 0 fully saturated rings. The zero-order chi connectivity index (χ0) is 36.6. The first-order valence-corrected chi connectivity index (χ1v) is 19.7. The van der Waals surface area contributed by atoms with Gasteiger partial charge in [0.05, 0.1) is 26.8 Å². The Morgan fingerprint density at radius 2 is 1.73 bits per heavy atom. The van der Waals surface area contributed by atoms with E-state index in [1.54, 1.807) is 0 Å². The molecule has 0 aliphatic carbocycles. The van der Waals surface area contributed by atoms with E-state index in [0.717, 1.165) is 67.1 Å². The second-order valence-electron chi connectivity index (χ2n) is 12.0. The van der Waals surface area contributed by atoms with Crippen LogP contribution in [0.15, 0.2) is 93.9 Å². The number of rotatable bonds is 14. The number of carbonyl (C=O) groups is 2. The third kappa shape index (κ3) is 9.23. The van der Waals surface area contributed by atoms with Crippen molar-refractivity contribution in [3.63, 3.8) is 0 Å². The summed E-state index contributed by atoms with van der Waals surface area (Å²) in [6.07, 6.45) is 6.49. The van der Waals surface area contributed by atoms with Crippen LogP contribution in [0.5, 0.6) is 11.5 Å². The summed E-state index contributed by atoms with van der Waals surface area (Å²) < 4.78 is 14.5. The van der Waals surface area contributed by atoms with Crippen LogP contribution in [0.3, 0.4) is 0 Å². The Morgan fingerprint density at radius 1 is 0.942 bits per heavy atom. The molecule has 4 aromatic carbocycles. The molecule has 2 N–H and O–H groups in total. The third-order valence-corrected chi connectivity index (χ3v) is 10.4. The summed E-state index contributed by atoms with van der Waals surface area (Å²) in [6.45, 7) is 6.76. The minimum Gasteiger partial charge on any atom is -0.493 e. The predicted octanol–water partition coefficient (Wildman–Crippen LogP) is 9.84. The summed E-state index contributed by atoms with van der Waals surface area (Å²) in [5, 5.41) is 6.94. The van der Waals surface area contributed by atoms with Gasteiger partial charge >= 0.3 is 0 Å². The summed E-state index contributed by atoms with van der Waals surface area (Å²) in [4.78, 5) is 32.4. The van der Waals surface area contributed by atoms with Crippen molar-refractivity contribution in [2.75, 3.05) is 43.1 Å². The molecule has 0 unspecified atom stereocenters. The molecule has 0 atom stereocenters. The van der Waals surface area contributed by atoms with Gasteiger partial charge in [0, 0.05) is 62.7 Å². The highest BCUT2D eigenvalue weighted by atomic mass is 127. The molecule has 8 nitrogen and oxygen atoms in total. The van der Waals surface area contributed by atoms with Crippen molar-refractivity contribution in [3.05, 3.63) is 120 Å². The van der Waals surface area contributed by atoms with E-state index < -0.39 is 0 Å². The van der Waals surface area contributed by atoms with Gasteiger partial charge in [0.25, 0.3) is 11.8 Å². The van der Waals surface area contributed by atoms with E-state index in [2.05, 4.69) is 114 Å². The van der Waals surface area contributed by atoms with Crippen LogP contribution in [0, 0.1) is 3.57 Å². The Labute approximate surface area is 334 Å². The van der Waals surface area contributed by atoms with E-state index >= 15 is 0 Å². The molecule has 11 heteroatoms. The van der Waals surface area contributed by atoms with Gasteiger partial charge in [-0.1, -0.05) is 24.3 Å². The number of para-hydroxylation sites is 1. The summed E-state index contributed by atoms with van der Waals surface area (Å²) >= 11 is 9.37. The lowest BCUT2D eigenvalue weighted by molar-refractivity contribution is -0.123. The molecule has 0 spiro atoms. The van der Waals surface area contributed by atoms with E-state index in [1.165, 1.54) is 0 Å². The Kier molecular flexibility index (Phi) is 12.7.